The van der Waals surface area contributed by atoms with Crippen molar-refractivity contribution in [3.8, 4) is 10.6 Å². The van der Waals surface area contributed by atoms with Gasteiger partial charge >= 0.3 is 12.0 Å². The molecule has 11 heteroatoms. The lowest BCUT2D eigenvalue weighted by atomic mass is 10.1. The first-order valence-corrected chi connectivity index (χ1v) is 12.9. The molecule has 9 nitrogen and oxygen atoms in total. The molecule has 1 atom stereocenters. The predicted molar refractivity (Wildman–Crippen MR) is 147 cm³/mol. The Bertz CT molecular complexity index is 1400. The zero-order valence-electron chi connectivity index (χ0n) is 20.3. The van der Waals surface area contributed by atoms with E-state index in [1.54, 1.807) is 43.3 Å². The molecule has 194 valence electrons. The zero-order valence-corrected chi connectivity index (χ0v) is 21.9. The van der Waals surface area contributed by atoms with Crippen LogP contribution in [0.1, 0.15) is 22.8 Å². The molecule has 0 aliphatic heterocycles. The molecule has 3 amide bonds. The van der Waals surface area contributed by atoms with Crippen molar-refractivity contribution in [1.82, 2.24) is 15.5 Å². The SMILES string of the molecule is CCOC(=O)c1ccc(NC(=O)NC(Cc2ccccc2)C(=O)Nc2nnc(-c3ccc(Cl)cc3)s2)cc1. The van der Waals surface area contributed by atoms with Crippen molar-refractivity contribution >= 4 is 51.7 Å². The van der Waals surface area contributed by atoms with E-state index in [-0.39, 0.29) is 13.0 Å². The van der Waals surface area contributed by atoms with E-state index in [9.17, 15) is 14.4 Å². The van der Waals surface area contributed by atoms with Gasteiger partial charge in [-0.1, -0.05) is 65.4 Å². The van der Waals surface area contributed by atoms with E-state index in [1.807, 2.05) is 42.5 Å². The number of benzene rings is 3. The minimum atomic E-state index is -0.904. The normalized spacial score (nSPS) is 11.3. The lowest BCUT2D eigenvalue weighted by Crippen LogP contribution is -2.46. The molecule has 1 aromatic heterocycles. The lowest BCUT2D eigenvalue weighted by molar-refractivity contribution is -0.117. The molecule has 38 heavy (non-hydrogen) atoms. The predicted octanol–water partition coefficient (Wildman–Crippen LogP) is 5.41. The number of carbonyl (C=O) groups excluding carboxylic acids is 3. The van der Waals surface area contributed by atoms with E-state index < -0.39 is 23.9 Å². The molecule has 1 unspecified atom stereocenters. The molecular formula is C27H24ClN5O4S. The van der Waals surface area contributed by atoms with Gasteiger partial charge in [-0.25, -0.2) is 9.59 Å². The number of rotatable bonds is 9. The molecule has 1 heterocycles. The first kappa shape index (κ1) is 26.8. The Morgan fingerprint density at radius 1 is 0.921 bits per heavy atom. The summed E-state index contributed by atoms with van der Waals surface area (Å²) in [4.78, 5) is 37.8. The number of carbonyl (C=O) groups is 3. The van der Waals surface area contributed by atoms with Crippen LogP contribution in [-0.2, 0) is 16.0 Å². The number of aromatic nitrogens is 2. The molecule has 0 fully saturated rings. The van der Waals surface area contributed by atoms with E-state index >= 15 is 0 Å². The first-order chi connectivity index (χ1) is 18.4. The van der Waals surface area contributed by atoms with Crippen LogP contribution in [0, 0.1) is 0 Å². The molecule has 0 radical (unpaired) electrons. The number of ether oxygens (including phenoxy) is 1. The second kappa shape index (κ2) is 12.8. The van der Waals surface area contributed by atoms with Gasteiger partial charge in [-0.2, -0.15) is 0 Å². The summed E-state index contributed by atoms with van der Waals surface area (Å²) >= 11 is 7.16. The maximum atomic E-state index is 13.2. The number of hydrogen-bond donors (Lipinski definition) is 3. The monoisotopic (exact) mass is 549 g/mol. The summed E-state index contributed by atoms with van der Waals surface area (Å²) in [6.07, 6.45) is 0.255. The van der Waals surface area contributed by atoms with Gasteiger partial charge in [-0.15, -0.1) is 10.2 Å². The fourth-order valence-electron chi connectivity index (χ4n) is 3.46. The Morgan fingerprint density at radius 2 is 1.63 bits per heavy atom. The Labute approximate surface area is 228 Å². The molecule has 0 spiro atoms. The zero-order chi connectivity index (χ0) is 26.9. The van der Waals surface area contributed by atoms with Crippen LogP contribution in [0.2, 0.25) is 5.02 Å². The van der Waals surface area contributed by atoms with Crippen molar-refractivity contribution in [3.63, 3.8) is 0 Å². The molecule has 0 saturated heterocycles. The third-order valence-corrected chi connectivity index (χ3v) is 6.44. The van der Waals surface area contributed by atoms with E-state index in [0.29, 0.717) is 26.4 Å². The van der Waals surface area contributed by atoms with E-state index in [4.69, 9.17) is 16.3 Å². The van der Waals surface area contributed by atoms with Gasteiger partial charge in [0.1, 0.15) is 11.0 Å². The van der Waals surface area contributed by atoms with Gasteiger partial charge < -0.3 is 15.4 Å². The smallest absolute Gasteiger partial charge is 0.338 e. The molecule has 3 aromatic carbocycles. The van der Waals surface area contributed by atoms with Crippen LogP contribution in [-0.4, -0.2) is 40.8 Å². The van der Waals surface area contributed by atoms with Crippen molar-refractivity contribution in [2.24, 2.45) is 0 Å². The number of nitrogens with zero attached hydrogens (tertiary/aromatic N) is 2. The Balaban J connectivity index is 1.44. The van der Waals surface area contributed by atoms with Gasteiger partial charge in [0, 0.05) is 22.7 Å². The van der Waals surface area contributed by atoms with Gasteiger partial charge in [0.05, 0.1) is 12.2 Å². The molecule has 0 aliphatic rings. The minimum absolute atomic E-state index is 0.255. The number of esters is 1. The highest BCUT2D eigenvalue weighted by atomic mass is 35.5. The van der Waals surface area contributed by atoms with Crippen molar-refractivity contribution in [3.05, 3.63) is 95.0 Å². The highest BCUT2D eigenvalue weighted by molar-refractivity contribution is 7.18. The topological polar surface area (TPSA) is 122 Å². The van der Waals surface area contributed by atoms with Crippen LogP contribution >= 0.6 is 22.9 Å². The minimum Gasteiger partial charge on any atom is -0.462 e. The summed E-state index contributed by atoms with van der Waals surface area (Å²) in [5.74, 6) is -0.889. The molecule has 0 bridgehead atoms. The van der Waals surface area contributed by atoms with Crippen LogP contribution in [0.5, 0.6) is 0 Å². The fraction of sp³-hybridized carbons (Fsp3) is 0.148. The molecule has 0 aliphatic carbocycles. The molecule has 4 rings (SSSR count). The number of hydrogen-bond acceptors (Lipinski definition) is 7. The largest absolute Gasteiger partial charge is 0.462 e. The quantitative estimate of drug-likeness (QED) is 0.240. The Hall–Kier alpha value is -4.28. The summed E-state index contributed by atoms with van der Waals surface area (Å²) in [5.41, 5.74) is 2.51. The van der Waals surface area contributed by atoms with E-state index in [1.165, 1.54) is 11.3 Å². The fourth-order valence-corrected chi connectivity index (χ4v) is 4.34. The summed E-state index contributed by atoms with van der Waals surface area (Å²) in [6.45, 7) is 2.00. The molecule has 3 N–H and O–H groups in total. The summed E-state index contributed by atoms with van der Waals surface area (Å²) < 4.78 is 4.97. The average Bonchev–Trinajstić information content (AvgIpc) is 3.38. The molecule has 4 aromatic rings. The number of amides is 3. The van der Waals surface area contributed by atoms with Crippen LogP contribution in [0.4, 0.5) is 15.6 Å². The van der Waals surface area contributed by atoms with Crippen molar-refractivity contribution in [2.75, 3.05) is 17.2 Å². The number of anilines is 2. The molecule has 0 saturated carbocycles. The Kier molecular flexibility index (Phi) is 9.02. The van der Waals surface area contributed by atoms with Gasteiger partial charge in [0.2, 0.25) is 11.0 Å². The number of nitrogens with one attached hydrogen (secondary N) is 3. The lowest BCUT2D eigenvalue weighted by Gasteiger charge is -2.18. The molecular weight excluding hydrogens is 526 g/mol. The highest BCUT2D eigenvalue weighted by Gasteiger charge is 2.23. The second-order valence-corrected chi connectivity index (χ2v) is 9.46. The first-order valence-electron chi connectivity index (χ1n) is 11.7. The van der Waals surface area contributed by atoms with Crippen molar-refractivity contribution in [1.29, 1.82) is 0 Å². The van der Waals surface area contributed by atoms with Gasteiger partial charge in [0.15, 0.2) is 0 Å². The van der Waals surface area contributed by atoms with E-state index in [0.717, 1.165) is 11.1 Å². The second-order valence-electron chi connectivity index (χ2n) is 8.05. The van der Waals surface area contributed by atoms with Crippen LogP contribution in [0.3, 0.4) is 0 Å². The van der Waals surface area contributed by atoms with Crippen molar-refractivity contribution in [2.45, 2.75) is 19.4 Å². The number of halogens is 1. The third-order valence-electron chi connectivity index (χ3n) is 5.30. The number of urea groups is 1. The summed E-state index contributed by atoms with van der Waals surface area (Å²) in [6, 6.07) is 21.3. The van der Waals surface area contributed by atoms with Crippen molar-refractivity contribution < 1.29 is 19.1 Å². The van der Waals surface area contributed by atoms with Crippen LogP contribution in [0.15, 0.2) is 78.9 Å². The van der Waals surface area contributed by atoms with Crippen LogP contribution in [0.25, 0.3) is 10.6 Å². The van der Waals surface area contributed by atoms with Gasteiger partial charge in [-0.3, -0.25) is 10.1 Å². The average molecular weight is 550 g/mol. The van der Waals surface area contributed by atoms with E-state index in [2.05, 4.69) is 26.1 Å². The van der Waals surface area contributed by atoms with Crippen LogP contribution < -0.4 is 16.0 Å². The van der Waals surface area contributed by atoms with Gasteiger partial charge in [0.25, 0.3) is 0 Å². The standard InChI is InChI=1S/C27H24ClN5O4S/c1-2-37-25(35)19-10-14-21(15-11-19)29-26(36)30-22(16-17-6-4-3-5-7-17)23(34)31-27-33-32-24(38-27)18-8-12-20(28)13-9-18/h3-15,22H,2,16H2,1H3,(H2,29,30,36)(H,31,33,34). The maximum absolute atomic E-state index is 13.2. The third kappa shape index (κ3) is 7.37. The Morgan fingerprint density at radius 3 is 2.32 bits per heavy atom. The summed E-state index contributed by atoms with van der Waals surface area (Å²) in [7, 11) is 0. The maximum Gasteiger partial charge on any atom is 0.338 e. The summed E-state index contributed by atoms with van der Waals surface area (Å²) in [5, 5.41) is 17.9. The van der Waals surface area contributed by atoms with Gasteiger partial charge in [-0.05, 0) is 48.9 Å². The highest BCUT2D eigenvalue weighted by Crippen LogP contribution is 2.27.